The SMILES string of the molecule is Cc1cccc(CN2C(=O)C3C(N=C4N(c5ccc(Cl)cc5)CCN43)N(C)C2=O)c1. The number of anilines is 1. The predicted molar refractivity (Wildman–Crippen MR) is 115 cm³/mol. The number of aliphatic imine (C=N–C) groups is 1. The van der Waals surface area contributed by atoms with Crippen LogP contribution in [-0.4, -0.2) is 64.9 Å². The highest BCUT2D eigenvalue weighted by atomic mass is 35.5. The maximum atomic E-state index is 13.4. The molecule has 3 aliphatic rings. The molecule has 0 aromatic heterocycles. The summed E-state index contributed by atoms with van der Waals surface area (Å²) in [4.78, 5) is 38.2. The van der Waals surface area contributed by atoms with Gasteiger partial charge in [0.25, 0.3) is 5.91 Å². The number of guanidine groups is 1. The van der Waals surface area contributed by atoms with Gasteiger partial charge in [0.05, 0.1) is 6.54 Å². The van der Waals surface area contributed by atoms with Crippen LogP contribution in [0.25, 0.3) is 0 Å². The minimum absolute atomic E-state index is 0.193. The van der Waals surface area contributed by atoms with E-state index >= 15 is 0 Å². The summed E-state index contributed by atoms with van der Waals surface area (Å²) in [6.07, 6.45) is -0.510. The zero-order valence-corrected chi connectivity index (χ0v) is 17.6. The number of rotatable bonds is 3. The third-order valence-electron chi connectivity index (χ3n) is 5.94. The summed E-state index contributed by atoms with van der Waals surface area (Å²) in [6.45, 7) is 3.66. The van der Waals surface area contributed by atoms with E-state index in [2.05, 4.69) is 4.90 Å². The number of fused-ring (bicyclic) bond motifs is 3. The first-order chi connectivity index (χ1) is 14.4. The van der Waals surface area contributed by atoms with Crippen LogP contribution in [0, 0.1) is 6.92 Å². The average molecular weight is 424 g/mol. The summed E-state index contributed by atoms with van der Waals surface area (Å²) >= 11 is 6.02. The van der Waals surface area contributed by atoms with Crippen LogP contribution in [0.4, 0.5) is 10.5 Å². The molecule has 0 saturated carbocycles. The highest BCUT2D eigenvalue weighted by Crippen LogP contribution is 2.34. The molecule has 0 radical (unpaired) electrons. The van der Waals surface area contributed by atoms with Crippen molar-refractivity contribution >= 4 is 35.2 Å². The Morgan fingerprint density at radius 2 is 1.87 bits per heavy atom. The molecule has 7 nitrogen and oxygen atoms in total. The van der Waals surface area contributed by atoms with Gasteiger partial charge < -0.3 is 14.7 Å². The zero-order valence-electron chi connectivity index (χ0n) is 16.8. The first-order valence-corrected chi connectivity index (χ1v) is 10.3. The molecule has 0 N–H and O–H groups in total. The quantitative estimate of drug-likeness (QED) is 0.761. The van der Waals surface area contributed by atoms with Gasteiger partial charge in [-0.3, -0.25) is 9.69 Å². The third kappa shape index (κ3) is 2.92. The van der Waals surface area contributed by atoms with Gasteiger partial charge in [-0.05, 0) is 36.8 Å². The second-order valence-electron chi connectivity index (χ2n) is 7.92. The first kappa shape index (κ1) is 18.9. The number of carbonyl (C=O) groups is 2. The van der Waals surface area contributed by atoms with E-state index in [4.69, 9.17) is 16.6 Å². The number of hydrogen-bond acceptors (Lipinski definition) is 5. The van der Waals surface area contributed by atoms with Gasteiger partial charge in [-0.1, -0.05) is 41.4 Å². The summed E-state index contributed by atoms with van der Waals surface area (Å²) in [7, 11) is 1.72. The molecule has 5 rings (SSSR count). The largest absolute Gasteiger partial charge is 0.328 e. The number of benzene rings is 2. The first-order valence-electron chi connectivity index (χ1n) is 9.95. The molecule has 2 atom stereocenters. The summed E-state index contributed by atoms with van der Waals surface area (Å²) in [5.74, 6) is 0.541. The molecule has 0 aliphatic carbocycles. The molecule has 2 unspecified atom stereocenters. The van der Waals surface area contributed by atoms with Gasteiger partial charge in [-0.25, -0.2) is 9.79 Å². The van der Waals surface area contributed by atoms with E-state index in [1.807, 2.05) is 60.4 Å². The fourth-order valence-electron chi connectivity index (χ4n) is 4.44. The van der Waals surface area contributed by atoms with Crippen molar-refractivity contribution in [1.29, 1.82) is 0 Å². The molecule has 8 heteroatoms. The van der Waals surface area contributed by atoms with Crippen molar-refractivity contribution < 1.29 is 9.59 Å². The van der Waals surface area contributed by atoms with Crippen molar-refractivity contribution in [2.24, 2.45) is 4.99 Å². The predicted octanol–water partition coefficient (Wildman–Crippen LogP) is 2.93. The van der Waals surface area contributed by atoms with E-state index in [1.165, 1.54) is 4.90 Å². The number of hydrogen-bond donors (Lipinski definition) is 0. The summed E-state index contributed by atoms with van der Waals surface area (Å²) in [5.41, 5.74) is 3.00. The molecule has 0 spiro atoms. The average Bonchev–Trinajstić information content (AvgIpc) is 3.30. The lowest BCUT2D eigenvalue weighted by atomic mass is 10.1. The summed E-state index contributed by atoms with van der Waals surface area (Å²) < 4.78 is 0. The minimum atomic E-state index is -0.510. The molecule has 154 valence electrons. The van der Waals surface area contributed by atoms with Crippen LogP contribution in [0.2, 0.25) is 5.02 Å². The van der Waals surface area contributed by atoms with Crippen molar-refractivity contribution in [2.75, 3.05) is 25.0 Å². The number of carbonyl (C=O) groups excluding carboxylic acids is 2. The number of nitrogens with zero attached hydrogens (tertiary/aromatic N) is 5. The van der Waals surface area contributed by atoms with Crippen molar-refractivity contribution in [3.8, 4) is 0 Å². The van der Waals surface area contributed by atoms with Crippen molar-refractivity contribution in [1.82, 2.24) is 14.7 Å². The lowest BCUT2D eigenvalue weighted by Gasteiger charge is -2.40. The molecular weight excluding hydrogens is 402 g/mol. The third-order valence-corrected chi connectivity index (χ3v) is 6.19. The van der Waals surface area contributed by atoms with Gasteiger partial charge in [0, 0.05) is 30.8 Å². The fraction of sp³-hybridized carbons (Fsp3) is 0.318. The Morgan fingerprint density at radius 3 is 2.60 bits per heavy atom. The Hall–Kier alpha value is -3.06. The fourth-order valence-corrected chi connectivity index (χ4v) is 4.57. The van der Waals surface area contributed by atoms with Gasteiger partial charge in [0.2, 0.25) is 5.96 Å². The minimum Gasteiger partial charge on any atom is -0.325 e. The smallest absolute Gasteiger partial charge is 0.325 e. The van der Waals surface area contributed by atoms with Gasteiger partial charge in [0.15, 0.2) is 12.2 Å². The topological polar surface area (TPSA) is 59.5 Å². The highest BCUT2D eigenvalue weighted by molar-refractivity contribution is 6.30. The van der Waals surface area contributed by atoms with Gasteiger partial charge in [-0.15, -0.1) is 0 Å². The molecule has 2 aromatic carbocycles. The maximum absolute atomic E-state index is 13.4. The number of halogens is 1. The van der Waals surface area contributed by atoms with Crippen molar-refractivity contribution in [2.45, 2.75) is 25.7 Å². The van der Waals surface area contributed by atoms with Crippen molar-refractivity contribution in [3.05, 3.63) is 64.7 Å². The summed E-state index contributed by atoms with van der Waals surface area (Å²) in [6, 6.07) is 14.6. The molecular formula is C22H22ClN5O2. The van der Waals surface area contributed by atoms with Gasteiger partial charge in [-0.2, -0.15) is 0 Å². The zero-order chi connectivity index (χ0) is 21.0. The van der Waals surface area contributed by atoms with E-state index in [1.54, 1.807) is 11.9 Å². The lowest BCUT2D eigenvalue weighted by molar-refractivity contribution is -0.137. The Balaban J connectivity index is 1.43. The monoisotopic (exact) mass is 423 g/mol. The van der Waals surface area contributed by atoms with Crippen LogP contribution >= 0.6 is 11.6 Å². The summed E-state index contributed by atoms with van der Waals surface area (Å²) in [5, 5.41) is 0.670. The Bertz CT molecular complexity index is 1050. The second kappa shape index (κ2) is 7.02. The molecule has 3 amide bonds. The molecule has 2 saturated heterocycles. The van der Waals surface area contributed by atoms with Gasteiger partial charge >= 0.3 is 6.03 Å². The van der Waals surface area contributed by atoms with Crippen LogP contribution in [0.3, 0.4) is 0 Å². The number of urea groups is 1. The van der Waals surface area contributed by atoms with Crippen LogP contribution in [-0.2, 0) is 11.3 Å². The normalized spacial score (nSPS) is 23.1. The Labute approximate surface area is 180 Å². The van der Waals surface area contributed by atoms with E-state index in [0.29, 0.717) is 11.6 Å². The Kier molecular flexibility index (Phi) is 4.43. The van der Waals surface area contributed by atoms with E-state index in [0.717, 1.165) is 29.3 Å². The van der Waals surface area contributed by atoms with Gasteiger partial charge in [0.1, 0.15) is 0 Å². The number of amides is 3. The van der Waals surface area contributed by atoms with Crippen molar-refractivity contribution in [3.63, 3.8) is 0 Å². The van der Waals surface area contributed by atoms with Crippen LogP contribution < -0.4 is 4.90 Å². The molecule has 3 aliphatic heterocycles. The molecule has 3 heterocycles. The second-order valence-corrected chi connectivity index (χ2v) is 8.35. The lowest BCUT2D eigenvalue weighted by Crippen LogP contribution is -2.64. The number of imide groups is 1. The van der Waals surface area contributed by atoms with Crippen LogP contribution in [0.1, 0.15) is 11.1 Å². The standard InChI is InChI=1S/C22H22ClN5O2/c1-14-4-3-5-15(12-14)13-28-20(29)18-19(25(2)22(28)30)24-21-26(10-11-27(18)21)17-8-6-16(23)7-9-17/h3-9,12,18-19H,10-11,13H2,1-2H3. The van der Waals surface area contributed by atoms with E-state index in [9.17, 15) is 9.59 Å². The molecule has 2 aromatic rings. The number of likely N-dealkylation sites (N-methyl/N-ethyl adjacent to an activating group) is 1. The van der Waals surface area contributed by atoms with Crippen LogP contribution in [0.15, 0.2) is 53.5 Å². The molecule has 30 heavy (non-hydrogen) atoms. The number of aryl methyl sites for hydroxylation is 1. The maximum Gasteiger partial charge on any atom is 0.328 e. The molecule has 0 bridgehead atoms. The van der Waals surface area contributed by atoms with E-state index in [-0.39, 0.29) is 18.5 Å². The van der Waals surface area contributed by atoms with Crippen LogP contribution in [0.5, 0.6) is 0 Å². The Morgan fingerprint density at radius 1 is 1.10 bits per heavy atom. The molecule has 2 fully saturated rings. The van der Waals surface area contributed by atoms with E-state index < -0.39 is 12.2 Å². The highest BCUT2D eigenvalue weighted by Gasteiger charge is 2.54.